The van der Waals surface area contributed by atoms with Crippen LogP contribution in [0.1, 0.15) is 134 Å². The lowest BCUT2D eigenvalue weighted by molar-refractivity contribution is -0.299. The minimum Gasteiger partial charge on any atom is -0.459 e. The third-order valence-electron chi connectivity index (χ3n) is 19.2. The van der Waals surface area contributed by atoms with Crippen molar-refractivity contribution in [3.05, 3.63) is 23.6 Å². The number of aliphatic hydroxyl groups excluding tert-OH is 4. The molecule has 7 aliphatic rings. The summed E-state index contributed by atoms with van der Waals surface area (Å²) in [5.41, 5.74) is -10.5. The summed E-state index contributed by atoms with van der Waals surface area (Å²) in [6.45, 7) is 20.6. The number of aliphatic hydroxyl groups is 6. The molecule has 0 aromatic carbocycles. The first kappa shape index (κ1) is 59.1. The zero-order valence-electron chi connectivity index (χ0n) is 46.3. The molecule has 4 aliphatic carbocycles. The molecule has 0 radical (unpaired) electrons. The van der Waals surface area contributed by atoms with Gasteiger partial charge in [0.15, 0.2) is 29.1 Å². The summed E-state index contributed by atoms with van der Waals surface area (Å²) in [6, 6.07) is -1.13. The van der Waals surface area contributed by atoms with Gasteiger partial charge >= 0.3 is 5.97 Å². The second-order valence-corrected chi connectivity index (χ2v) is 25.2. The standard InChI is InChI=1S/C55H89F2N3O14/c1-15-40-53(12,69)44(65)32(6)60(27-28(2)25-52(11,68)45(30(4)42(63)31(5)46(66)71-40)72-47-43(64)38(59(13)14)21-29(3)70-47)20-16-19-58-48(67)55-41(73-49(7,8)74-55)24-34-35-23-37(56)36-22-33(61)17-18-50(36,9)54(35,57)39(62)26-51(34,55)10/h17-18,28-32,34-35,38-45,47,62-65,68-69H,15-16,19-27H2,1-14H3,(H,58,67)/t28-,29-,30+,31-,32-,34?,35?,38-,39+,40-,41-,42+,43-,44-,45-,47+,50+,51+,52-,53-,54+,55+/m1/s1. The van der Waals surface area contributed by atoms with E-state index in [1.54, 1.807) is 48.5 Å². The highest BCUT2D eigenvalue weighted by atomic mass is 19.1. The number of fused-ring (bicyclic) bond motifs is 7. The molecule has 422 valence electrons. The summed E-state index contributed by atoms with van der Waals surface area (Å²) in [5, 5.41) is 75.2. The predicted molar refractivity (Wildman–Crippen MR) is 268 cm³/mol. The Hall–Kier alpha value is -2.53. The number of carbonyl (C=O) groups excluding carboxylic acids is 3. The van der Waals surface area contributed by atoms with Crippen LogP contribution >= 0.6 is 0 Å². The zero-order valence-corrected chi connectivity index (χ0v) is 46.3. The molecule has 74 heavy (non-hydrogen) atoms. The van der Waals surface area contributed by atoms with Gasteiger partial charge in [0, 0.05) is 67.2 Å². The molecule has 1 amide bonds. The number of hydrogen-bond donors (Lipinski definition) is 7. The summed E-state index contributed by atoms with van der Waals surface area (Å²) in [5.74, 6) is -7.72. The Morgan fingerprint density at radius 2 is 1.62 bits per heavy atom. The van der Waals surface area contributed by atoms with E-state index in [-0.39, 0.29) is 87.6 Å². The average Bonchev–Trinajstić information content (AvgIpc) is 3.73. The van der Waals surface area contributed by atoms with E-state index in [2.05, 4.69) is 5.32 Å². The molecule has 3 saturated heterocycles. The molecule has 3 heterocycles. The fraction of sp³-hybridized carbons (Fsp3) is 0.873. The largest absolute Gasteiger partial charge is 0.459 e. The molecule has 5 fully saturated rings. The number of amides is 1. The summed E-state index contributed by atoms with van der Waals surface area (Å²) in [6.07, 6.45) is -7.48. The first-order valence-electron chi connectivity index (χ1n) is 27.2. The van der Waals surface area contributed by atoms with Crippen molar-refractivity contribution in [1.29, 1.82) is 0 Å². The van der Waals surface area contributed by atoms with Gasteiger partial charge in [-0.2, -0.15) is 0 Å². The number of ketones is 1. The van der Waals surface area contributed by atoms with E-state index in [0.29, 0.717) is 12.8 Å². The molecule has 7 N–H and O–H groups in total. The van der Waals surface area contributed by atoms with E-state index < -0.39 is 136 Å². The summed E-state index contributed by atoms with van der Waals surface area (Å²) in [4.78, 5) is 45.2. The van der Waals surface area contributed by atoms with Crippen LogP contribution in [0.25, 0.3) is 0 Å². The van der Waals surface area contributed by atoms with Crippen molar-refractivity contribution in [2.75, 3.05) is 33.7 Å². The second kappa shape index (κ2) is 20.9. The Balaban J connectivity index is 1.14. The van der Waals surface area contributed by atoms with Gasteiger partial charge in [0.2, 0.25) is 0 Å². The van der Waals surface area contributed by atoms with Gasteiger partial charge in [0.05, 0.1) is 42.0 Å². The van der Waals surface area contributed by atoms with Gasteiger partial charge in [-0.3, -0.25) is 19.3 Å². The molecule has 0 bridgehead atoms. The Morgan fingerprint density at radius 1 is 0.959 bits per heavy atom. The number of esters is 1. The number of halogens is 2. The van der Waals surface area contributed by atoms with E-state index in [1.807, 2.05) is 37.7 Å². The first-order valence-corrected chi connectivity index (χ1v) is 27.2. The van der Waals surface area contributed by atoms with Crippen LogP contribution in [0.15, 0.2) is 23.6 Å². The monoisotopic (exact) mass is 1050 g/mol. The minimum absolute atomic E-state index is 0.0455. The quantitative estimate of drug-likeness (QED) is 0.128. The number of cyclic esters (lactones) is 1. The highest BCUT2D eigenvalue weighted by Gasteiger charge is 2.80. The summed E-state index contributed by atoms with van der Waals surface area (Å²) in [7, 11) is 3.69. The Morgan fingerprint density at radius 3 is 2.26 bits per heavy atom. The molecule has 0 aromatic rings. The van der Waals surface area contributed by atoms with Crippen LogP contribution in [0.3, 0.4) is 0 Å². The van der Waals surface area contributed by atoms with Crippen LogP contribution < -0.4 is 5.32 Å². The molecule has 2 saturated carbocycles. The smallest absolute Gasteiger partial charge is 0.311 e. The molecule has 7 rings (SSSR count). The van der Waals surface area contributed by atoms with E-state index in [9.17, 15) is 40.2 Å². The molecule has 0 aromatic heterocycles. The number of rotatable bonds is 9. The molecule has 22 atom stereocenters. The van der Waals surface area contributed by atoms with Gasteiger partial charge in [0.1, 0.15) is 29.7 Å². The van der Waals surface area contributed by atoms with Gasteiger partial charge < -0.3 is 64.5 Å². The Labute approximate surface area is 436 Å². The molecule has 3 aliphatic heterocycles. The lowest BCUT2D eigenvalue weighted by Gasteiger charge is -2.62. The van der Waals surface area contributed by atoms with Gasteiger partial charge in [-0.05, 0) is 131 Å². The summed E-state index contributed by atoms with van der Waals surface area (Å²) < 4.78 is 66.1. The third-order valence-corrected chi connectivity index (χ3v) is 19.2. The van der Waals surface area contributed by atoms with Crippen LogP contribution in [0, 0.1) is 40.4 Å². The number of carbonyl (C=O) groups is 3. The number of allylic oxidation sites excluding steroid dienone is 4. The van der Waals surface area contributed by atoms with Crippen molar-refractivity contribution in [2.24, 2.45) is 40.4 Å². The van der Waals surface area contributed by atoms with E-state index in [0.717, 1.165) is 0 Å². The van der Waals surface area contributed by atoms with Crippen molar-refractivity contribution in [2.45, 2.75) is 230 Å². The number of ether oxygens (including phenoxy) is 5. The SMILES string of the molecule is CC[C@H]1OC(=O)[C@H](C)[C@@H](O)[C@H](C)[C@@H](O[C@@H]2O[C@H](C)C[C@@H](N(C)C)[C@H]2O)[C@](C)(O)C[C@@H](C)CN(CCCNC(=O)[C@@]23OC(C)(C)O[C@@H]2CC2C4CC(F)=C5CC(=O)C=C[C@]5(C)[C@@]4(F)[C@@H](O)C[C@@]23C)[C@H](C)[C@@H](O)[C@]1(C)O. The molecular weight excluding hydrogens is 965 g/mol. The number of likely N-dealkylation sites (N-methyl/N-ethyl adjacent to an activating group) is 1. The lowest BCUT2D eigenvalue weighted by Crippen LogP contribution is -2.70. The number of nitrogens with one attached hydrogen (secondary N) is 1. The van der Waals surface area contributed by atoms with E-state index in [4.69, 9.17) is 23.7 Å². The van der Waals surface area contributed by atoms with Crippen LogP contribution in [0.4, 0.5) is 8.78 Å². The van der Waals surface area contributed by atoms with E-state index in [1.165, 1.54) is 32.9 Å². The van der Waals surface area contributed by atoms with Crippen LogP contribution in [-0.2, 0) is 38.1 Å². The second-order valence-electron chi connectivity index (χ2n) is 25.2. The molecular formula is C55H89F2N3O14. The third kappa shape index (κ3) is 9.89. The summed E-state index contributed by atoms with van der Waals surface area (Å²) >= 11 is 0. The Bertz CT molecular complexity index is 2160. The van der Waals surface area contributed by atoms with Crippen molar-refractivity contribution < 1.29 is 77.5 Å². The Kier molecular flexibility index (Phi) is 16.7. The molecule has 19 heteroatoms. The van der Waals surface area contributed by atoms with Gasteiger partial charge in [0.25, 0.3) is 5.91 Å². The van der Waals surface area contributed by atoms with Crippen molar-refractivity contribution >= 4 is 17.7 Å². The lowest BCUT2D eigenvalue weighted by atomic mass is 9.45. The first-order chi connectivity index (χ1) is 34.1. The van der Waals surface area contributed by atoms with Crippen LogP contribution in [0.2, 0.25) is 0 Å². The maximum absolute atomic E-state index is 18.1. The maximum Gasteiger partial charge on any atom is 0.311 e. The van der Waals surface area contributed by atoms with Gasteiger partial charge in [-0.1, -0.05) is 33.8 Å². The van der Waals surface area contributed by atoms with E-state index >= 15 is 13.6 Å². The molecule has 17 nitrogen and oxygen atoms in total. The predicted octanol–water partition coefficient (Wildman–Crippen LogP) is 4.02. The number of alkyl halides is 1. The fourth-order valence-electron chi connectivity index (χ4n) is 15.2. The maximum atomic E-state index is 18.1. The van der Waals surface area contributed by atoms with Crippen molar-refractivity contribution in [1.82, 2.24) is 15.1 Å². The number of nitrogens with zero attached hydrogens (tertiary/aromatic N) is 2. The molecule has 2 unspecified atom stereocenters. The zero-order chi connectivity index (χ0) is 55.2. The van der Waals surface area contributed by atoms with Crippen LogP contribution in [0.5, 0.6) is 0 Å². The van der Waals surface area contributed by atoms with Gasteiger partial charge in [-0.15, -0.1) is 0 Å². The topological polar surface area (TPSA) is 237 Å². The van der Waals surface area contributed by atoms with Crippen LogP contribution in [-0.4, -0.2) is 187 Å². The minimum atomic E-state index is -2.35. The number of hydrogen-bond acceptors (Lipinski definition) is 16. The highest BCUT2D eigenvalue weighted by Crippen LogP contribution is 2.72. The molecule has 0 spiro atoms. The fourth-order valence-corrected chi connectivity index (χ4v) is 15.2. The highest BCUT2D eigenvalue weighted by molar-refractivity contribution is 5.94. The average molecular weight is 1050 g/mol. The van der Waals surface area contributed by atoms with Crippen molar-refractivity contribution in [3.8, 4) is 0 Å². The normalized spacial score (nSPS) is 49.3. The van der Waals surface area contributed by atoms with Gasteiger partial charge in [-0.25, -0.2) is 8.78 Å². The van der Waals surface area contributed by atoms with Crippen molar-refractivity contribution in [3.63, 3.8) is 0 Å².